The molecule has 0 saturated carbocycles. The van der Waals surface area contributed by atoms with Crippen molar-refractivity contribution in [1.29, 1.82) is 0 Å². The Kier molecular flexibility index (Phi) is 4.30. The lowest BCUT2D eigenvalue weighted by atomic mass is 10.1. The van der Waals surface area contributed by atoms with Crippen molar-refractivity contribution in [2.24, 2.45) is 0 Å². The van der Waals surface area contributed by atoms with Crippen LogP contribution in [0.5, 0.6) is 0 Å². The quantitative estimate of drug-likeness (QED) is 0.746. The molecule has 0 saturated heterocycles. The molecule has 0 bridgehead atoms. The molecule has 0 fully saturated rings. The monoisotopic (exact) mass is 236 g/mol. The van der Waals surface area contributed by atoms with E-state index in [1.165, 1.54) is 5.56 Å². The third kappa shape index (κ3) is 4.19. The smallest absolute Gasteiger partial charge is 0.324 e. The van der Waals surface area contributed by atoms with Crippen molar-refractivity contribution in [2.45, 2.75) is 39.4 Å². The molecule has 2 nitrogen and oxygen atoms in total. The molecule has 0 amide bonds. The Morgan fingerprint density at radius 2 is 1.75 bits per heavy atom. The zero-order chi connectivity index (χ0) is 12.2. The van der Waals surface area contributed by atoms with Gasteiger partial charge in [0.05, 0.1) is 5.56 Å². The lowest BCUT2D eigenvalue weighted by molar-refractivity contribution is 0.0724. The highest BCUT2D eigenvalue weighted by Gasteiger charge is 2.20. The molecule has 1 aromatic carbocycles. The molecule has 16 heavy (non-hydrogen) atoms. The summed E-state index contributed by atoms with van der Waals surface area (Å²) in [4.78, 5) is 11.7. The van der Waals surface area contributed by atoms with Gasteiger partial charge in [0.2, 0.25) is 8.32 Å². The molecule has 0 heterocycles. The van der Waals surface area contributed by atoms with Gasteiger partial charge in [-0.2, -0.15) is 0 Å². The van der Waals surface area contributed by atoms with E-state index in [-0.39, 0.29) is 5.97 Å². The third-order valence-corrected chi connectivity index (χ3v) is 2.92. The SMILES string of the molecule is CCCc1ccc(C(=O)O[Si](C)(C)C)cc1. The van der Waals surface area contributed by atoms with Gasteiger partial charge in [-0.15, -0.1) is 0 Å². The van der Waals surface area contributed by atoms with Crippen molar-refractivity contribution in [3.63, 3.8) is 0 Å². The van der Waals surface area contributed by atoms with E-state index in [2.05, 4.69) is 6.92 Å². The normalized spacial score (nSPS) is 11.2. The first kappa shape index (κ1) is 13.0. The highest BCUT2D eigenvalue weighted by molar-refractivity contribution is 6.71. The van der Waals surface area contributed by atoms with Gasteiger partial charge in [0.1, 0.15) is 0 Å². The van der Waals surface area contributed by atoms with Crippen LogP contribution in [0.1, 0.15) is 29.3 Å². The molecule has 0 radical (unpaired) electrons. The minimum atomic E-state index is -1.78. The second-order valence-electron chi connectivity index (χ2n) is 4.95. The molecule has 0 aliphatic rings. The summed E-state index contributed by atoms with van der Waals surface area (Å²) in [5.41, 5.74) is 1.93. The summed E-state index contributed by atoms with van der Waals surface area (Å²) in [7, 11) is -1.78. The first-order valence-corrected chi connectivity index (χ1v) is 9.15. The Morgan fingerprint density at radius 3 is 2.19 bits per heavy atom. The maximum Gasteiger partial charge on any atom is 0.324 e. The summed E-state index contributed by atoms with van der Waals surface area (Å²) in [6.07, 6.45) is 2.18. The lowest BCUT2D eigenvalue weighted by Crippen LogP contribution is -2.29. The molecule has 0 N–H and O–H groups in total. The van der Waals surface area contributed by atoms with Gasteiger partial charge < -0.3 is 4.43 Å². The van der Waals surface area contributed by atoms with Crippen LogP contribution in [0.4, 0.5) is 0 Å². The van der Waals surface area contributed by atoms with Crippen LogP contribution < -0.4 is 0 Å². The molecule has 0 aliphatic carbocycles. The summed E-state index contributed by atoms with van der Waals surface area (Å²) in [6.45, 7) is 8.18. The van der Waals surface area contributed by atoms with Crippen molar-refractivity contribution >= 4 is 14.3 Å². The number of carbonyl (C=O) groups excluding carboxylic acids is 1. The van der Waals surface area contributed by atoms with E-state index < -0.39 is 8.32 Å². The Balaban J connectivity index is 2.70. The van der Waals surface area contributed by atoms with Gasteiger partial charge in [0, 0.05) is 0 Å². The van der Waals surface area contributed by atoms with E-state index in [9.17, 15) is 4.79 Å². The average molecular weight is 236 g/mol. The third-order valence-electron chi connectivity index (χ3n) is 2.13. The predicted octanol–water partition coefficient (Wildman–Crippen LogP) is 3.63. The highest BCUT2D eigenvalue weighted by Crippen LogP contribution is 2.11. The second kappa shape index (κ2) is 5.30. The molecule has 0 unspecified atom stereocenters. The first-order valence-electron chi connectivity index (χ1n) is 5.74. The minimum Gasteiger partial charge on any atom is -0.516 e. The van der Waals surface area contributed by atoms with Gasteiger partial charge >= 0.3 is 5.97 Å². The maximum absolute atomic E-state index is 11.7. The molecular formula is C13H20O2Si. The number of rotatable bonds is 4. The molecule has 0 aromatic heterocycles. The fraction of sp³-hybridized carbons (Fsp3) is 0.462. The van der Waals surface area contributed by atoms with Crippen molar-refractivity contribution in [2.75, 3.05) is 0 Å². The largest absolute Gasteiger partial charge is 0.516 e. The fourth-order valence-electron chi connectivity index (χ4n) is 1.43. The maximum atomic E-state index is 11.7. The van der Waals surface area contributed by atoms with Gasteiger partial charge in [-0.3, -0.25) is 0 Å². The van der Waals surface area contributed by atoms with Crippen LogP contribution in [0.15, 0.2) is 24.3 Å². The van der Waals surface area contributed by atoms with Crippen LogP contribution in [-0.4, -0.2) is 14.3 Å². The molecule has 0 atom stereocenters. The topological polar surface area (TPSA) is 26.3 Å². The molecule has 0 aliphatic heterocycles. The average Bonchev–Trinajstić information content (AvgIpc) is 2.16. The van der Waals surface area contributed by atoms with Gasteiger partial charge in [-0.05, 0) is 43.8 Å². The van der Waals surface area contributed by atoms with Crippen LogP contribution in [-0.2, 0) is 10.8 Å². The van der Waals surface area contributed by atoms with E-state index >= 15 is 0 Å². The standard InChI is InChI=1S/C13H20O2Si/c1-5-6-11-7-9-12(10-8-11)13(14)15-16(2,3)4/h7-10H,5-6H2,1-4H3. The Morgan fingerprint density at radius 1 is 1.19 bits per heavy atom. The summed E-state index contributed by atoms with van der Waals surface area (Å²) in [5.74, 6) is -0.192. The number of hydrogen-bond acceptors (Lipinski definition) is 2. The predicted molar refractivity (Wildman–Crippen MR) is 69.2 cm³/mol. The van der Waals surface area contributed by atoms with Crippen molar-refractivity contribution in [3.05, 3.63) is 35.4 Å². The van der Waals surface area contributed by atoms with Crippen molar-refractivity contribution in [1.82, 2.24) is 0 Å². The van der Waals surface area contributed by atoms with E-state index in [0.29, 0.717) is 5.56 Å². The van der Waals surface area contributed by atoms with Crippen LogP contribution in [0.3, 0.4) is 0 Å². The Labute approximate surface area is 98.8 Å². The van der Waals surface area contributed by atoms with Crippen LogP contribution >= 0.6 is 0 Å². The molecule has 1 aromatic rings. The van der Waals surface area contributed by atoms with Gasteiger partial charge in [-0.25, -0.2) is 4.79 Å². The van der Waals surface area contributed by atoms with E-state index in [1.807, 2.05) is 43.9 Å². The van der Waals surface area contributed by atoms with Gasteiger partial charge in [0.25, 0.3) is 0 Å². The molecular weight excluding hydrogens is 216 g/mol. The number of hydrogen-bond donors (Lipinski definition) is 0. The number of carbonyl (C=O) groups is 1. The molecule has 3 heteroatoms. The van der Waals surface area contributed by atoms with Crippen molar-refractivity contribution < 1.29 is 9.22 Å². The highest BCUT2D eigenvalue weighted by atomic mass is 28.4. The summed E-state index contributed by atoms with van der Waals surface area (Å²) in [6, 6.07) is 7.72. The molecule has 1 rings (SSSR count). The summed E-state index contributed by atoms with van der Waals surface area (Å²) in [5, 5.41) is 0. The summed E-state index contributed by atoms with van der Waals surface area (Å²) >= 11 is 0. The van der Waals surface area contributed by atoms with Crippen LogP contribution in [0.2, 0.25) is 19.6 Å². The molecule has 88 valence electrons. The van der Waals surface area contributed by atoms with E-state index in [0.717, 1.165) is 12.8 Å². The first-order chi connectivity index (χ1) is 7.42. The zero-order valence-corrected chi connectivity index (χ0v) is 11.5. The Bertz CT molecular complexity index is 349. The van der Waals surface area contributed by atoms with Crippen LogP contribution in [0.25, 0.3) is 0 Å². The fourth-order valence-corrected chi connectivity index (χ4v) is 2.11. The lowest BCUT2D eigenvalue weighted by Gasteiger charge is -2.17. The Hall–Kier alpha value is -1.09. The van der Waals surface area contributed by atoms with Gasteiger partial charge in [0.15, 0.2) is 0 Å². The minimum absolute atomic E-state index is 0.192. The van der Waals surface area contributed by atoms with Crippen LogP contribution in [0, 0.1) is 0 Å². The summed E-state index contributed by atoms with van der Waals surface area (Å²) < 4.78 is 5.42. The van der Waals surface area contributed by atoms with Crippen molar-refractivity contribution in [3.8, 4) is 0 Å². The number of benzene rings is 1. The van der Waals surface area contributed by atoms with E-state index in [1.54, 1.807) is 0 Å². The number of aryl methyl sites for hydroxylation is 1. The zero-order valence-electron chi connectivity index (χ0n) is 10.5. The van der Waals surface area contributed by atoms with E-state index in [4.69, 9.17) is 4.43 Å². The second-order valence-corrected chi connectivity index (χ2v) is 9.38. The molecule has 0 spiro atoms. The van der Waals surface area contributed by atoms with Gasteiger partial charge in [-0.1, -0.05) is 25.5 Å².